The SMILES string of the molecule is O=C1c2sc(-c3nc(Nc4ccc(C5CCN5)cc4C4CC4)ncc3C(F)(F)F)cc2SCCN1C1CC1. The Morgan fingerprint density at radius 3 is 2.61 bits per heavy atom. The van der Waals surface area contributed by atoms with Crippen LogP contribution >= 0.6 is 23.1 Å². The van der Waals surface area contributed by atoms with E-state index in [9.17, 15) is 18.0 Å². The lowest BCUT2D eigenvalue weighted by atomic mass is 9.94. The average Bonchev–Trinajstić information content (AvgIpc) is 3.77. The van der Waals surface area contributed by atoms with E-state index in [1.807, 2.05) is 11.0 Å². The second-order valence-corrected chi connectivity index (χ2v) is 12.6. The topological polar surface area (TPSA) is 70.1 Å². The van der Waals surface area contributed by atoms with Crippen molar-refractivity contribution >= 4 is 40.6 Å². The van der Waals surface area contributed by atoms with Crippen LogP contribution in [-0.2, 0) is 6.18 Å². The van der Waals surface area contributed by atoms with Crippen LogP contribution < -0.4 is 10.6 Å². The Balaban J connectivity index is 1.24. The predicted octanol–water partition coefficient (Wildman–Crippen LogP) is 6.59. The van der Waals surface area contributed by atoms with Crippen LogP contribution in [0.1, 0.15) is 70.4 Å². The first-order chi connectivity index (χ1) is 18.3. The number of benzene rings is 1. The minimum absolute atomic E-state index is 0.0835. The van der Waals surface area contributed by atoms with Crippen molar-refractivity contribution in [3.05, 3.63) is 52.0 Å². The minimum Gasteiger partial charge on any atom is -0.334 e. The van der Waals surface area contributed by atoms with E-state index < -0.39 is 11.7 Å². The third kappa shape index (κ3) is 4.58. The fourth-order valence-electron chi connectivity index (χ4n) is 5.14. The van der Waals surface area contributed by atoms with E-state index in [1.54, 1.807) is 6.07 Å². The van der Waals surface area contributed by atoms with Crippen molar-refractivity contribution in [3.8, 4) is 10.6 Å². The molecule has 3 aromatic rings. The van der Waals surface area contributed by atoms with E-state index in [1.165, 1.54) is 17.3 Å². The normalized spacial score (nSPS) is 21.6. The van der Waals surface area contributed by atoms with Crippen molar-refractivity contribution in [2.75, 3.05) is 24.2 Å². The molecule has 2 N–H and O–H groups in total. The molecule has 1 atom stereocenters. The van der Waals surface area contributed by atoms with E-state index in [4.69, 9.17) is 0 Å². The van der Waals surface area contributed by atoms with Crippen LogP contribution in [0.4, 0.5) is 24.8 Å². The lowest BCUT2D eigenvalue weighted by Gasteiger charge is -2.29. The second kappa shape index (κ2) is 9.24. The molecule has 0 bridgehead atoms. The largest absolute Gasteiger partial charge is 0.420 e. The Hall–Kier alpha value is -2.63. The molecule has 4 heterocycles. The van der Waals surface area contributed by atoms with Crippen molar-refractivity contribution < 1.29 is 18.0 Å². The summed E-state index contributed by atoms with van der Waals surface area (Å²) < 4.78 is 42.1. The molecular weight excluding hydrogens is 531 g/mol. The summed E-state index contributed by atoms with van der Waals surface area (Å²) in [6.45, 7) is 1.68. The maximum absolute atomic E-state index is 14.0. The van der Waals surface area contributed by atoms with Gasteiger partial charge in [-0.15, -0.1) is 23.1 Å². The van der Waals surface area contributed by atoms with Crippen LogP contribution in [0.2, 0.25) is 0 Å². The molecule has 198 valence electrons. The number of nitrogens with one attached hydrogen (secondary N) is 2. The molecule has 2 saturated carbocycles. The van der Waals surface area contributed by atoms with Gasteiger partial charge in [0.15, 0.2) is 0 Å². The van der Waals surface area contributed by atoms with Gasteiger partial charge in [-0.05, 0) is 67.8 Å². The van der Waals surface area contributed by atoms with Gasteiger partial charge in [-0.25, -0.2) is 9.97 Å². The smallest absolute Gasteiger partial charge is 0.334 e. The van der Waals surface area contributed by atoms with Crippen LogP contribution in [0.25, 0.3) is 10.6 Å². The van der Waals surface area contributed by atoms with Crippen LogP contribution in [0, 0.1) is 0 Å². The highest BCUT2D eigenvalue weighted by atomic mass is 32.2. The van der Waals surface area contributed by atoms with Gasteiger partial charge in [-0.3, -0.25) is 4.79 Å². The molecule has 2 aliphatic carbocycles. The van der Waals surface area contributed by atoms with Gasteiger partial charge < -0.3 is 15.5 Å². The Bertz CT molecular complexity index is 1410. The van der Waals surface area contributed by atoms with Gasteiger partial charge in [-0.2, -0.15) is 13.2 Å². The first kappa shape index (κ1) is 24.4. The van der Waals surface area contributed by atoms with Crippen LogP contribution in [-0.4, -0.2) is 45.7 Å². The number of alkyl halides is 3. The fraction of sp³-hybridized carbons (Fsp3) is 0.444. The van der Waals surface area contributed by atoms with Crippen molar-refractivity contribution in [3.63, 3.8) is 0 Å². The number of amides is 1. The number of thiophene rings is 1. The van der Waals surface area contributed by atoms with Gasteiger partial charge in [-0.1, -0.05) is 12.1 Å². The molecule has 0 spiro atoms. The maximum Gasteiger partial charge on any atom is 0.420 e. The number of nitrogens with zero attached hydrogens (tertiary/aromatic N) is 3. The Morgan fingerprint density at radius 2 is 1.92 bits per heavy atom. The van der Waals surface area contributed by atoms with E-state index in [-0.39, 0.29) is 23.6 Å². The number of fused-ring (bicyclic) bond motifs is 1. The molecule has 1 saturated heterocycles. The van der Waals surface area contributed by atoms with Crippen molar-refractivity contribution in [1.29, 1.82) is 0 Å². The van der Waals surface area contributed by atoms with Crippen LogP contribution in [0.15, 0.2) is 35.4 Å². The number of hydrogen-bond donors (Lipinski definition) is 2. The highest BCUT2D eigenvalue weighted by Gasteiger charge is 2.39. The minimum atomic E-state index is -4.62. The second-order valence-electron chi connectivity index (χ2n) is 10.4. The summed E-state index contributed by atoms with van der Waals surface area (Å²) >= 11 is 2.62. The van der Waals surface area contributed by atoms with Crippen molar-refractivity contribution in [1.82, 2.24) is 20.2 Å². The summed E-state index contributed by atoms with van der Waals surface area (Å²) in [6.07, 6.45) is 1.51. The Labute approximate surface area is 226 Å². The number of thioether (sulfide) groups is 1. The highest BCUT2D eigenvalue weighted by molar-refractivity contribution is 7.99. The fourth-order valence-corrected chi connectivity index (χ4v) is 7.46. The number of halogens is 3. The molecule has 1 amide bonds. The standard InChI is InChI=1S/C27H26F3N5OS2/c28-27(29,30)18-13-32-26(33-20-6-3-15(19-7-8-31-19)11-17(20)14-1-2-14)34-23(18)21-12-22-24(38-21)25(36)35(9-10-37-22)16-4-5-16/h3,6,11-14,16,19,31H,1-2,4-5,7-10H2,(H,32,33,34). The summed E-state index contributed by atoms with van der Waals surface area (Å²) in [4.78, 5) is 25.1. The number of rotatable bonds is 6. The molecule has 4 aliphatic rings. The first-order valence-electron chi connectivity index (χ1n) is 13.0. The number of carbonyl (C=O) groups excluding carboxylic acids is 1. The molecule has 38 heavy (non-hydrogen) atoms. The molecule has 0 radical (unpaired) electrons. The van der Waals surface area contributed by atoms with Gasteiger partial charge in [0.2, 0.25) is 5.95 Å². The summed E-state index contributed by atoms with van der Waals surface area (Å²) in [5.41, 5.74) is 2.13. The van der Waals surface area contributed by atoms with Gasteiger partial charge >= 0.3 is 6.18 Å². The van der Waals surface area contributed by atoms with Gasteiger partial charge in [0, 0.05) is 41.2 Å². The number of hydrogen-bond acceptors (Lipinski definition) is 7. The quantitative estimate of drug-likeness (QED) is 0.356. The Kier molecular flexibility index (Phi) is 5.93. The highest BCUT2D eigenvalue weighted by Crippen LogP contribution is 2.47. The summed E-state index contributed by atoms with van der Waals surface area (Å²) in [5, 5.41) is 6.63. The zero-order valence-electron chi connectivity index (χ0n) is 20.5. The van der Waals surface area contributed by atoms with Gasteiger partial charge in [0.25, 0.3) is 5.91 Å². The summed E-state index contributed by atoms with van der Waals surface area (Å²) in [5.74, 6) is 1.20. The lowest BCUT2D eigenvalue weighted by Crippen LogP contribution is -2.34. The molecule has 2 aromatic heterocycles. The maximum atomic E-state index is 14.0. The molecule has 2 aliphatic heterocycles. The van der Waals surface area contributed by atoms with Crippen molar-refractivity contribution in [2.24, 2.45) is 0 Å². The molecule has 1 aromatic carbocycles. The van der Waals surface area contributed by atoms with Gasteiger partial charge in [0.1, 0.15) is 10.4 Å². The number of carbonyl (C=O) groups is 1. The zero-order valence-corrected chi connectivity index (χ0v) is 22.1. The number of anilines is 2. The molecule has 1 unspecified atom stereocenters. The third-order valence-electron chi connectivity index (χ3n) is 7.62. The molecule has 3 fully saturated rings. The van der Waals surface area contributed by atoms with Crippen LogP contribution in [0.5, 0.6) is 0 Å². The first-order valence-corrected chi connectivity index (χ1v) is 14.8. The zero-order chi connectivity index (χ0) is 26.0. The summed E-state index contributed by atoms with van der Waals surface area (Å²) in [7, 11) is 0. The molecule has 6 nitrogen and oxygen atoms in total. The van der Waals surface area contributed by atoms with E-state index >= 15 is 0 Å². The molecular formula is C27H26F3N5OS2. The monoisotopic (exact) mass is 557 g/mol. The Morgan fingerprint density at radius 1 is 1.11 bits per heavy atom. The van der Waals surface area contributed by atoms with Crippen LogP contribution in [0.3, 0.4) is 0 Å². The predicted molar refractivity (Wildman–Crippen MR) is 142 cm³/mol. The molecule has 7 rings (SSSR count). The van der Waals surface area contributed by atoms with Gasteiger partial charge in [0.05, 0.1) is 10.6 Å². The number of aromatic nitrogens is 2. The third-order valence-corrected chi connectivity index (χ3v) is 9.90. The van der Waals surface area contributed by atoms with E-state index in [2.05, 4.69) is 32.7 Å². The molecule has 11 heteroatoms. The lowest BCUT2D eigenvalue weighted by molar-refractivity contribution is -0.137. The van der Waals surface area contributed by atoms with E-state index in [0.717, 1.165) is 78.1 Å². The summed E-state index contributed by atoms with van der Waals surface area (Å²) in [6, 6.07) is 8.55. The average molecular weight is 558 g/mol. The van der Waals surface area contributed by atoms with Crippen molar-refractivity contribution in [2.45, 2.75) is 61.2 Å². The van der Waals surface area contributed by atoms with E-state index in [0.29, 0.717) is 28.3 Å².